The first-order valence-corrected chi connectivity index (χ1v) is 10.4. The maximum atomic E-state index is 5.30. The van der Waals surface area contributed by atoms with Crippen molar-refractivity contribution in [3.63, 3.8) is 0 Å². The van der Waals surface area contributed by atoms with E-state index in [-0.39, 0.29) is 0 Å². The van der Waals surface area contributed by atoms with E-state index in [1.807, 2.05) is 12.1 Å². The molecule has 3 aromatic heterocycles. The Hall–Kier alpha value is -2.43. The van der Waals surface area contributed by atoms with Crippen molar-refractivity contribution in [1.82, 2.24) is 4.98 Å². The normalized spacial score (nSPS) is 11.7. The minimum Gasteiger partial charge on any atom is -0.497 e. The fraction of sp³-hybridized carbons (Fsp3) is 0.136. The lowest BCUT2D eigenvalue weighted by atomic mass is 9.93. The number of ether oxygens (including phenoxy) is 1. The first-order chi connectivity index (χ1) is 12.7. The fourth-order valence-electron chi connectivity index (χ4n) is 3.89. The summed E-state index contributed by atoms with van der Waals surface area (Å²) in [7, 11) is 1.69. The number of fused-ring (bicyclic) bond motifs is 6. The lowest BCUT2D eigenvalue weighted by molar-refractivity contribution is 0.415. The molecule has 2 aromatic carbocycles. The zero-order valence-electron chi connectivity index (χ0n) is 14.8. The largest absolute Gasteiger partial charge is 0.497 e. The van der Waals surface area contributed by atoms with Crippen molar-refractivity contribution in [3.8, 4) is 17.0 Å². The third-order valence-corrected chi connectivity index (χ3v) is 6.62. The van der Waals surface area contributed by atoms with Crippen LogP contribution in [-0.2, 0) is 0 Å². The van der Waals surface area contributed by atoms with Gasteiger partial charge in [0.25, 0.3) is 0 Å². The van der Waals surface area contributed by atoms with Gasteiger partial charge >= 0.3 is 0 Å². The van der Waals surface area contributed by atoms with Crippen LogP contribution in [0.5, 0.6) is 5.75 Å². The van der Waals surface area contributed by atoms with E-state index >= 15 is 0 Å². The van der Waals surface area contributed by atoms with Gasteiger partial charge in [-0.15, -0.1) is 0 Å². The summed E-state index contributed by atoms with van der Waals surface area (Å²) in [5.74, 6) is 0.865. The molecule has 0 unspecified atom stereocenters. The van der Waals surface area contributed by atoms with Crippen molar-refractivity contribution < 1.29 is 4.74 Å². The smallest absolute Gasteiger partial charge is 0.118 e. The van der Waals surface area contributed by atoms with Gasteiger partial charge < -0.3 is 4.74 Å². The summed E-state index contributed by atoms with van der Waals surface area (Å²) < 4.78 is 5.30. The number of nitrogens with zero attached hydrogens (tertiary/aromatic N) is 1. The second-order valence-electron chi connectivity index (χ2n) is 6.55. The molecule has 0 radical (unpaired) electrons. The fourth-order valence-corrected chi connectivity index (χ4v) is 5.57. The molecular formula is C22H17NOS2. The summed E-state index contributed by atoms with van der Waals surface area (Å²) in [6.07, 6.45) is 0. The number of hydrogen-bond acceptors (Lipinski definition) is 4. The van der Waals surface area contributed by atoms with Crippen molar-refractivity contribution in [1.29, 1.82) is 0 Å². The molecule has 26 heavy (non-hydrogen) atoms. The van der Waals surface area contributed by atoms with Crippen LogP contribution in [0.2, 0.25) is 0 Å². The van der Waals surface area contributed by atoms with Crippen LogP contribution in [0.25, 0.3) is 43.6 Å². The Morgan fingerprint density at radius 1 is 0.769 bits per heavy atom. The number of rotatable bonds is 2. The highest BCUT2D eigenvalue weighted by Gasteiger charge is 2.17. The molecule has 0 bridgehead atoms. The molecule has 5 aromatic rings. The highest BCUT2D eigenvalue weighted by molar-refractivity contribution is 7.11. The van der Waals surface area contributed by atoms with E-state index in [9.17, 15) is 0 Å². The molecule has 0 aliphatic rings. The first-order valence-electron chi connectivity index (χ1n) is 8.48. The molecule has 128 valence electrons. The number of hydrogen-bond donors (Lipinski definition) is 0. The second-order valence-corrected chi connectivity index (χ2v) is 8.03. The van der Waals surface area contributed by atoms with Crippen molar-refractivity contribution in [2.75, 3.05) is 7.11 Å². The highest BCUT2D eigenvalue weighted by Crippen LogP contribution is 2.42. The molecule has 2 nitrogen and oxygen atoms in total. The lowest BCUT2D eigenvalue weighted by Crippen LogP contribution is -1.96. The molecule has 0 aliphatic heterocycles. The minimum atomic E-state index is 0.865. The van der Waals surface area contributed by atoms with E-state index < -0.39 is 0 Å². The van der Waals surface area contributed by atoms with E-state index in [2.05, 4.69) is 47.5 Å². The van der Waals surface area contributed by atoms with Crippen LogP contribution in [0.4, 0.5) is 0 Å². The lowest BCUT2D eigenvalue weighted by Gasteiger charge is -2.14. The zero-order chi connectivity index (χ0) is 17.8. The SMILES string of the molecule is COc1ccc(-c2nc(C)c3c4cscc4c4cscc4c3c2C)cc1. The maximum Gasteiger partial charge on any atom is 0.118 e. The molecule has 0 saturated heterocycles. The molecule has 0 N–H and O–H groups in total. The number of methoxy groups -OCH3 is 1. The van der Waals surface area contributed by atoms with E-state index in [1.165, 1.54) is 37.9 Å². The van der Waals surface area contributed by atoms with Gasteiger partial charge in [0.1, 0.15) is 5.75 Å². The maximum absolute atomic E-state index is 5.30. The number of pyridine rings is 1. The van der Waals surface area contributed by atoms with Gasteiger partial charge in [-0.1, -0.05) is 0 Å². The molecule has 0 fully saturated rings. The van der Waals surface area contributed by atoms with Crippen LogP contribution in [0.1, 0.15) is 11.3 Å². The van der Waals surface area contributed by atoms with Crippen LogP contribution in [-0.4, -0.2) is 12.1 Å². The zero-order valence-corrected chi connectivity index (χ0v) is 16.4. The van der Waals surface area contributed by atoms with Gasteiger partial charge in [-0.25, -0.2) is 0 Å². The summed E-state index contributed by atoms with van der Waals surface area (Å²) in [5, 5.41) is 17.1. The van der Waals surface area contributed by atoms with Crippen LogP contribution in [0, 0.1) is 13.8 Å². The highest BCUT2D eigenvalue weighted by atomic mass is 32.1. The summed E-state index contributed by atoms with van der Waals surface area (Å²) in [4.78, 5) is 5.01. The third-order valence-electron chi connectivity index (χ3n) is 5.14. The Morgan fingerprint density at radius 3 is 1.96 bits per heavy atom. The Morgan fingerprint density at radius 2 is 1.35 bits per heavy atom. The molecule has 5 rings (SSSR count). The second kappa shape index (κ2) is 5.79. The van der Waals surface area contributed by atoms with Gasteiger partial charge in [0.05, 0.1) is 12.8 Å². The van der Waals surface area contributed by atoms with Gasteiger partial charge in [0.2, 0.25) is 0 Å². The number of aryl methyl sites for hydroxylation is 2. The molecule has 0 saturated carbocycles. The van der Waals surface area contributed by atoms with E-state index in [1.54, 1.807) is 29.8 Å². The molecular weight excluding hydrogens is 358 g/mol. The number of aromatic nitrogens is 1. The minimum absolute atomic E-state index is 0.865. The molecule has 4 heteroatoms. The molecule has 0 aliphatic carbocycles. The Labute approximate surface area is 159 Å². The number of benzene rings is 2. The van der Waals surface area contributed by atoms with Crippen molar-refractivity contribution in [2.45, 2.75) is 13.8 Å². The van der Waals surface area contributed by atoms with Gasteiger partial charge in [-0.3, -0.25) is 4.98 Å². The van der Waals surface area contributed by atoms with Gasteiger partial charge in [-0.05, 0) is 70.6 Å². The molecule has 0 spiro atoms. The predicted molar refractivity (Wildman–Crippen MR) is 114 cm³/mol. The summed E-state index contributed by atoms with van der Waals surface area (Å²) in [6.45, 7) is 4.33. The predicted octanol–water partition coefficient (Wildman–Crippen LogP) is 6.96. The quantitative estimate of drug-likeness (QED) is 0.333. The van der Waals surface area contributed by atoms with Crippen molar-refractivity contribution in [2.24, 2.45) is 0 Å². The molecule has 0 amide bonds. The summed E-state index contributed by atoms with van der Waals surface area (Å²) in [5.41, 5.74) is 4.52. The average Bonchev–Trinajstić information content (AvgIpc) is 3.32. The Kier molecular flexibility index (Phi) is 3.52. The van der Waals surface area contributed by atoms with E-state index in [4.69, 9.17) is 9.72 Å². The first kappa shape index (κ1) is 15.8. The van der Waals surface area contributed by atoms with Crippen LogP contribution >= 0.6 is 22.7 Å². The van der Waals surface area contributed by atoms with Crippen LogP contribution < -0.4 is 4.74 Å². The summed E-state index contributed by atoms with van der Waals surface area (Å²) >= 11 is 3.54. The van der Waals surface area contributed by atoms with Gasteiger partial charge in [0.15, 0.2) is 0 Å². The van der Waals surface area contributed by atoms with Gasteiger partial charge in [0, 0.05) is 38.2 Å². The monoisotopic (exact) mass is 375 g/mol. The van der Waals surface area contributed by atoms with Crippen molar-refractivity contribution in [3.05, 3.63) is 57.0 Å². The van der Waals surface area contributed by atoms with Gasteiger partial charge in [-0.2, -0.15) is 22.7 Å². The number of thiophene rings is 2. The van der Waals surface area contributed by atoms with Crippen LogP contribution in [0.15, 0.2) is 45.8 Å². The van der Waals surface area contributed by atoms with E-state index in [0.717, 1.165) is 22.7 Å². The topological polar surface area (TPSA) is 22.1 Å². The Balaban J connectivity index is 1.93. The molecule has 3 heterocycles. The van der Waals surface area contributed by atoms with Crippen LogP contribution in [0.3, 0.4) is 0 Å². The standard InChI is InChI=1S/C22H17NOS2/c1-12-20-18-10-25-8-16(18)17-9-26-11-19(17)21(20)13(2)23-22(12)14-4-6-15(24-3)7-5-14/h4-11H,1-3H3. The summed E-state index contributed by atoms with van der Waals surface area (Å²) in [6, 6.07) is 8.18. The molecule has 0 atom stereocenters. The van der Waals surface area contributed by atoms with Crippen molar-refractivity contribution >= 4 is 55.0 Å². The van der Waals surface area contributed by atoms with E-state index in [0.29, 0.717) is 0 Å². The Bertz CT molecular complexity index is 1280. The third kappa shape index (κ3) is 2.12. The average molecular weight is 376 g/mol.